The summed E-state index contributed by atoms with van der Waals surface area (Å²) in [6.45, 7) is 2.94. The number of hydrogen-bond donors (Lipinski definition) is 1. The van der Waals surface area contributed by atoms with Crippen LogP contribution in [0.3, 0.4) is 0 Å². The van der Waals surface area contributed by atoms with Gasteiger partial charge in [-0.3, -0.25) is 0 Å². The predicted molar refractivity (Wildman–Crippen MR) is 73.9 cm³/mol. The molecule has 0 aliphatic heterocycles. The summed E-state index contributed by atoms with van der Waals surface area (Å²) in [5.74, 6) is -1.73. The van der Waals surface area contributed by atoms with Gasteiger partial charge in [-0.1, -0.05) is 6.07 Å². The van der Waals surface area contributed by atoms with Crippen LogP contribution in [0.25, 0.3) is 0 Å². The van der Waals surface area contributed by atoms with Crippen LogP contribution >= 0.6 is 0 Å². The van der Waals surface area contributed by atoms with Gasteiger partial charge in [-0.05, 0) is 19.1 Å². The number of nitrogens with zero attached hydrogens (tertiary/aromatic N) is 1. The van der Waals surface area contributed by atoms with Crippen LogP contribution in [0.15, 0.2) is 18.2 Å². The molecule has 20 heavy (non-hydrogen) atoms. The Balaban J connectivity index is 3.21. The lowest BCUT2D eigenvalue weighted by Crippen LogP contribution is -2.40. The number of ether oxygens (including phenoxy) is 2. The molecule has 1 N–H and O–H groups in total. The van der Waals surface area contributed by atoms with Gasteiger partial charge in [0.25, 0.3) is 0 Å². The summed E-state index contributed by atoms with van der Waals surface area (Å²) in [5, 5.41) is 9.22. The van der Waals surface area contributed by atoms with Gasteiger partial charge in [-0.15, -0.1) is 0 Å². The Kier molecular flexibility index (Phi) is 6.41. The zero-order valence-corrected chi connectivity index (χ0v) is 11.9. The number of rotatable bonds is 8. The van der Waals surface area contributed by atoms with Crippen LogP contribution in [-0.4, -0.2) is 51.1 Å². The van der Waals surface area contributed by atoms with Crippen molar-refractivity contribution in [2.75, 3.05) is 38.9 Å². The fourth-order valence-corrected chi connectivity index (χ4v) is 2.05. The maximum Gasteiger partial charge on any atom is 0.337 e. The van der Waals surface area contributed by atoms with E-state index in [-0.39, 0.29) is 17.3 Å². The molecule has 1 aromatic rings. The van der Waals surface area contributed by atoms with Gasteiger partial charge < -0.3 is 19.5 Å². The van der Waals surface area contributed by atoms with E-state index in [0.29, 0.717) is 19.8 Å². The number of carbonyl (C=O) groups is 1. The van der Waals surface area contributed by atoms with Gasteiger partial charge in [-0.2, -0.15) is 0 Å². The van der Waals surface area contributed by atoms with Gasteiger partial charge in [0.1, 0.15) is 5.82 Å². The number of para-hydroxylation sites is 1. The van der Waals surface area contributed by atoms with E-state index in [1.54, 1.807) is 19.1 Å². The van der Waals surface area contributed by atoms with E-state index in [9.17, 15) is 14.3 Å². The van der Waals surface area contributed by atoms with Crippen molar-refractivity contribution in [1.82, 2.24) is 0 Å². The molecule has 0 heterocycles. The normalized spacial score (nSPS) is 12.2. The molecule has 0 saturated carbocycles. The number of carboxylic acids is 1. The number of aromatic carboxylic acids is 1. The number of hydrogen-bond acceptors (Lipinski definition) is 4. The van der Waals surface area contributed by atoms with E-state index in [0.717, 1.165) is 0 Å². The van der Waals surface area contributed by atoms with Crippen molar-refractivity contribution < 1.29 is 23.8 Å². The molecule has 5 nitrogen and oxygen atoms in total. The second-order valence-corrected chi connectivity index (χ2v) is 4.43. The highest BCUT2D eigenvalue weighted by atomic mass is 19.1. The predicted octanol–water partition coefficient (Wildman–Crippen LogP) is 2.01. The third-order valence-electron chi connectivity index (χ3n) is 2.98. The maximum atomic E-state index is 14.1. The van der Waals surface area contributed by atoms with Gasteiger partial charge in [-0.25, -0.2) is 9.18 Å². The van der Waals surface area contributed by atoms with Gasteiger partial charge in [0.15, 0.2) is 0 Å². The molecular formula is C14H20FNO4. The van der Waals surface area contributed by atoms with Crippen molar-refractivity contribution in [2.45, 2.75) is 13.0 Å². The molecule has 112 valence electrons. The molecule has 0 amide bonds. The summed E-state index contributed by atoms with van der Waals surface area (Å²) in [7, 11) is 3.09. The second kappa shape index (κ2) is 7.81. The summed E-state index contributed by atoms with van der Waals surface area (Å²) < 4.78 is 24.2. The fourth-order valence-electron chi connectivity index (χ4n) is 2.05. The molecule has 0 aromatic heterocycles. The van der Waals surface area contributed by atoms with Crippen LogP contribution in [0, 0.1) is 5.82 Å². The zero-order chi connectivity index (χ0) is 15.1. The molecular weight excluding hydrogens is 265 g/mol. The minimum Gasteiger partial charge on any atom is -0.478 e. The lowest BCUT2D eigenvalue weighted by Gasteiger charge is -2.32. The summed E-state index contributed by atoms with van der Waals surface area (Å²) >= 11 is 0. The van der Waals surface area contributed by atoms with Crippen molar-refractivity contribution in [1.29, 1.82) is 0 Å². The maximum absolute atomic E-state index is 14.1. The summed E-state index contributed by atoms with van der Waals surface area (Å²) in [6.07, 6.45) is 0. The Hall–Kier alpha value is -1.66. The van der Waals surface area contributed by atoms with Crippen LogP contribution in [0.1, 0.15) is 17.3 Å². The molecule has 0 aliphatic rings. The molecule has 0 spiro atoms. The van der Waals surface area contributed by atoms with E-state index in [4.69, 9.17) is 9.47 Å². The van der Waals surface area contributed by atoms with E-state index in [1.165, 1.54) is 18.2 Å². The summed E-state index contributed by atoms with van der Waals surface area (Å²) in [4.78, 5) is 12.9. The molecule has 6 heteroatoms. The minimum absolute atomic E-state index is 0.0657. The topological polar surface area (TPSA) is 59.0 Å². The quantitative estimate of drug-likeness (QED) is 0.791. The molecule has 0 aliphatic carbocycles. The van der Waals surface area contributed by atoms with Gasteiger partial charge in [0, 0.05) is 26.8 Å². The minimum atomic E-state index is -1.16. The standard InChI is InChI=1S/C14H20FNO4/c1-10(9-20-3)16(7-8-19-2)13-11(14(17)18)5-4-6-12(13)15/h4-6,10H,7-9H2,1-3H3,(H,17,18). The van der Waals surface area contributed by atoms with Crippen molar-refractivity contribution in [3.05, 3.63) is 29.6 Å². The first-order chi connectivity index (χ1) is 9.52. The highest BCUT2D eigenvalue weighted by Crippen LogP contribution is 2.26. The van der Waals surface area contributed by atoms with Crippen LogP contribution in [0.2, 0.25) is 0 Å². The largest absolute Gasteiger partial charge is 0.478 e. The molecule has 1 unspecified atom stereocenters. The Morgan fingerprint density at radius 2 is 2.10 bits per heavy atom. The third kappa shape index (κ3) is 3.91. The Morgan fingerprint density at radius 3 is 2.65 bits per heavy atom. The van der Waals surface area contributed by atoms with Crippen molar-refractivity contribution in [3.63, 3.8) is 0 Å². The van der Waals surface area contributed by atoms with Crippen molar-refractivity contribution in [2.24, 2.45) is 0 Å². The number of anilines is 1. The first-order valence-electron chi connectivity index (χ1n) is 6.29. The number of carboxylic acid groups (broad SMARTS) is 1. The Labute approximate surface area is 117 Å². The highest BCUT2D eigenvalue weighted by molar-refractivity contribution is 5.94. The smallest absolute Gasteiger partial charge is 0.337 e. The second-order valence-electron chi connectivity index (χ2n) is 4.43. The molecule has 1 rings (SSSR count). The molecule has 0 radical (unpaired) electrons. The van der Waals surface area contributed by atoms with Gasteiger partial charge in [0.2, 0.25) is 0 Å². The summed E-state index contributed by atoms with van der Waals surface area (Å²) in [6, 6.07) is 3.85. The molecule has 0 fully saturated rings. The molecule has 0 bridgehead atoms. The lowest BCUT2D eigenvalue weighted by molar-refractivity contribution is 0.0696. The van der Waals surface area contributed by atoms with Crippen LogP contribution in [0.4, 0.5) is 10.1 Å². The lowest BCUT2D eigenvalue weighted by atomic mass is 10.1. The third-order valence-corrected chi connectivity index (χ3v) is 2.98. The number of halogens is 1. The number of methoxy groups -OCH3 is 2. The number of benzene rings is 1. The van der Waals surface area contributed by atoms with Crippen molar-refractivity contribution in [3.8, 4) is 0 Å². The average Bonchev–Trinajstić information content (AvgIpc) is 2.40. The van der Waals surface area contributed by atoms with Crippen molar-refractivity contribution >= 4 is 11.7 Å². The molecule has 0 saturated heterocycles. The Morgan fingerprint density at radius 1 is 1.40 bits per heavy atom. The van der Waals surface area contributed by atoms with Crippen LogP contribution in [0.5, 0.6) is 0 Å². The van der Waals surface area contributed by atoms with Gasteiger partial charge >= 0.3 is 5.97 Å². The first kappa shape index (κ1) is 16.4. The van der Waals surface area contributed by atoms with E-state index < -0.39 is 11.8 Å². The average molecular weight is 285 g/mol. The van der Waals surface area contributed by atoms with Crippen LogP contribution in [-0.2, 0) is 9.47 Å². The van der Waals surface area contributed by atoms with E-state index in [2.05, 4.69) is 0 Å². The van der Waals surface area contributed by atoms with E-state index in [1.807, 2.05) is 6.92 Å². The SMILES string of the molecule is COCCN(c1c(F)cccc1C(=O)O)C(C)COC. The monoisotopic (exact) mass is 285 g/mol. The fraction of sp³-hybridized carbons (Fsp3) is 0.500. The van der Waals surface area contributed by atoms with Crippen LogP contribution < -0.4 is 4.90 Å². The summed E-state index contributed by atoms with van der Waals surface area (Å²) in [5.41, 5.74) is 0.00524. The zero-order valence-electron chi connectivity index (χ0n) is 11.9. The molecule has 1 atom stereocenters. The first-order valence-corrected chi connectivity index (χ1v) is 6.29. The highest BCUT2D eigenvalue weighted by Gasteiger charge is 2.23. The Bertz CT molecular complexity index is 453. The van der Waals surface area contributed by atoms with E-state index >= 15 is 0 Å². The molecule has 1 aromatic carbocycles. The van der Waals surface area contributed by atoms with Gasteiger partial charge in [0.05, 0.1) is 24.5 Å².